The van der Waals surface area contributed by atoms with Crippen LogP contribution in [0.15, 0.2) is 59.5 Å². The third-order valence-corrected chi connectivity index (χ3v) is 7.28. The molecule has 1 N–H and O–H groups in total. The van der Waals surface area contributed by atoms with E-state index in [1.165, 1.54) is 22.5 Å². The van der Waals surface area contributed by atoms with Gasteiger partial charge in [-0.15, -0.1) is 0 Å². The van der Waals surface area contributed by atoms with Gasteiger partial charge in [-0.3, -0.25) is 4.79 Å². The lowest BCUT2D eigenvalue weighted by Gasteiger charge is -2.42. The van der Waals surface area contributed by atoms with E-state index in [0.717, 1.165) is 11.8 Å². The van der Waals surface area contributed by atoms with E-state index in [9.17, 15) is 17.6 Å². The van der Waals surface area contributed by atoms with E-state index in [1.807, 2.05) is 35.2 Å². The smallest absolute Gasteiger partial charge is 0.247 e. The molecule has 8 heteroatoms. The number of benzene rings is 2. The summed E-state index contributed by atoms with van der Waals surface area (Å²) < 4.78 is 40.4. The Morgan fingerprint density at radius 3 is 2.37 bits per heavy atom. The van der Waals surface area contributed by atoms with Crippen LogP contribution >= 0.6 is 0 Å². The van der Waals surface area contributed by atoms with E-state index in [1.54, 1.807) is 0 Å². The van der Waals surface area contributed by atoms with Crippen molar-refractivity contribution in [2.24, 2.45) is 0 Å². The summed E-state index contributed by atoms with van der Waals surface area (Å²) in [5.74, 6) is -0.663. The first-order chi connectivity index (χ1) is 12.9. The van der Waals surface area contributed by atoms with E-state index in [4.69, 9.17) is 0 Å². The normalized spacial score (nSPS) is 20.0. The first-order valence-electron chi connectivity index (χ1n) is 8.80. The first-order valence-corrected chi connectivity index (χ1v) is 10.2. The highest BCUT2D eigenvalue weighted by Gasteiger charge is 2.51. The average molecular weight is 389 g/mol. The molecule has 2 aliphatic heterocycles. The van der Waals surface area contributed by atoms with Crippen LogP contribution in [0.4, 0.5) is 10.1 Å². The molecule has 0 unspecified atom stereocenters. The molecule has 6 nitrogen and oxygen atoms in total. The molecule has 1 amide bonds. The van der Waals surface area contributed by atoms with Crippen molar-refractivity contribution in [1.82, 2.24) is 9.62 Å². The van der Waals surface area contributed by atoms with E-state index >= 15 is 0 Å². The minimum Gasteiger partial charge on any atom is -0.339 e. The maximum absolute atomic E-state index is 13.5. The largest absolute Gasteiger partial charge is 0.339 e. The SMILES string of the molecule is O=C1NCN(c2ccccc2)C12CCN(S(=O)(=O)c1cccc(F)c1)CC2. The summed E-state index contributed by atoms with van der Waals surface area (Å²) in [4.78, 5) is 14.6. The van der Waals surface area contributed by atoms with Gasteiger partial charge in [0.2, 0.25) is 15.9 Å². The van der Waals surface area contributed by atoms with Gasteiger partial charge < -0.3 is 10.2 Å². The number of carbonyl (C=O) groups excluding carboxylic acids is 1. The van der Waals surface area contributed by atoms with Crippen molar-refractivity contribution in [2.75, 3.05) is 24.7 Å². The number of sulfonamides is 1. The van der Waals surface area contributed by atoms with Gasteiger partial charge in [0.1, 0.15) is 11.4 Å². The number of hydrogen-bond donors (Lipinski definition) is 1. The van der Waals surface area contributed by atoms with Gasteiger partial charge in [-0.1, -0.05) is 24.3 Å². The Hall–Kier alpha value is -2.45. The highest BCUT2D eigenvalue weighted by Crippen LogP contribution is 2.37. The van der Waals surface area contributed by atoms with Crippen LogP contribution in [0.25, 0.3) is 0 Å². The molecule has 4 rings (SSSR count). The van der Waals surface area contributed by atoms with Crippen molar-refractivity contribution in [3.8, 4) is 0 Å². The van der Waals surface area contributed by atoms with Crippen LogP contribution in [0.2, 0.25) is 0 Å². The van der Waals surface area contributed by atoms with Crippen LogP contribution < -0.4 is 10.2 Å². The second-order valence-electron chi connectivity index (χ2n) is 6.82. The minimum absolute atomic E-state index is 0.0609. The second kappa shape index (κ2) is 6.61. The molecule has 2 heterocycles. The van der Waals surface area contributed by atoms with E-state index in [2.05, 4.69) is 5.32 Å². The van der Waals surface area contributed by atoms with E-state index in [-0.39, 0.29) is 23.9 Å². The topological polar surface area (TPSA) is 69.7 Å². The number of rotatable bonds is 3. The monoisotopic (exact) mass is 389 g/mol. The molecule has 2 aromatic rings. The molecule has 2 saturated heterocycles. The zero-order valence-corrected chi connectivity index (χ0v) is 15.5. The molecule has 0 radical (unpaired) electrons. The first kappa shape index (κ1) is 17.9. The van der Waals surface area contributed by atoms with Crippen molar-refractivity contribution < 1.29 is 17.6 Å². The molecule has 0 atom stereocenters. The summed E-state index contributed by atoms with van der Waals surface area (Å²) in [5, 5.41) is 2.89. The minimum atomic E-state index is -3.79. The molecule has 1 spiro atoms. The highest BCUT2D eigenvalue weighted by atomic mass is 32.2. The van der Waals surface area contributed by atoms with Crippen LogP contribution in [-0.4, -0.2) is 43.9 Å². The Kier molecular flexibility index (Phi) is 4.39. The number of hydrogen-bond acceptors (Lipinski definition) is 4. The van der Waals surface area contributed by atoms with Crippen molar-refractivity contribution in [1.29, 1.82) is 0 Å². The number of piperidine rings is 1. The van der Waals surface area contributed by atoms with Crippen LogP contribution in [0, 0.1) is 5.82 Å². The number of halogens is 1. The Morgan fingerprint density at radius 1 is 1.00 bits per heavy atom. The fraction of sp³-hybridized carbons (Fsp3) is 0.316. The molecule has 0 aliphatic carbocycles. The van der Waals surface area contributed by atoms with Crippen LogP contribution in [-0.2, 0) is 14.8 Å². The standard InChI is InChI=1S/C19H20FN3O3S/c20-15-5-4-8-17(13-15)27(25,26)22-11-9-19(10-12-22)18(24)21-14-23(19)16-6-2-1-3-7-16/h1-8,13H,9-12,14H2,(H,21,24). The quantitative estimate of drug-likeness (QED) is 0.871. The summed E-state index contributed by atoms with van der Waals surface area (Å²) >= 11 is 0. The van der Waals surface area contributed by atoms with Crippen molar-refractivity contribution in [3.63, 3.8) is 0 Å². The number of amides is 1. The van der Waals surface area contributed by atoms with E-state index in [0.29, 0.717) is 19.5 Å². The van der Waals surface area contributed by atoms with E-state index < -0.39 is 21.4 Å². The Labute approximate surface area is 157 Å². The molecule has 0 bridgehead atoms. The van der Waals surface area contributed by atoms with Gasteiger partial charge in [0, 0.05) is 18.8 Å². The highest BCUT2D eigenvalue weighted by molar-refractivity contribution is 7.89. The van der Waals surface area contributed by atoms with Crippen LogP contribution in [0.1, 0.15) is 12.8 Å². The molecule has 2 aromatic carbocycles. The lowest BCUT2D eigenvalue weighted by atomic mass is 9.86. The van der Waals surface area contributed by atoms with Gasteiger partial charge in [-0.25, -0.2) is 12.8 Å². The fourth-order valence-corrected chi connectivity index (χ4v) is 5.38. The third-order valence-electron chi connectivity index (χ3n) is 5.39. The summed E-state index contributed by atoms with van der Waals surface area (Å²) in [7, 11) is -3.79. The van der Waals surface area contributed by atoms with Gasteiger partial charge in [0.25, 0.3) is 0 Å². The third kappa shape index (κ3) is 2.98. The molecule has 142 valence electrons. The maximum Gasteiger partial charge on any atom is 0.247 e. The van der Waals surface area contributed by atoms with Gasteiger partial charge in [0.05, 0.1) is 11.6 Å². The number of nitrogens with zero attached hydrogens (tertiary/aromatic N) is 2. The summed E-state index contributed by atoms with van der Waals surface area (Å²) in [5.41, 5.74) is 0.173. The summed E-state index contributed by atoms with van der Waals surface area (Å²) in [6.45, 7) is 0.810. The lowest BCUT2D eigenvalue weighted by Crippen LogP contribution is -2.57. The second-order valence-corrected chi connectivity index (χ2v) is 8.76. The van der Waals surface area contributed by atoms with Crippen LogP contribution in [0.3, 0.4) is 0 Å². The van der Waals surface area contributed by atoms with Gasteiger partial charge >= 0.3 is 0 Å². The lowest BCUT2D eigenvalue weighted by molar-refractivity contribution is -0.124. The Bertz CT molecular complexity index is 957. The number of anilines is 1. The average Bonchev–Trinajstić information content (AvgIpc) is 2.99. The predicted molar refractivity (Wildman–Crippen MR) is 99.1 cm³/mol. The zero-order valence-electron chi connectivity index (χ0n) is 14.6. The number of carbonyl (C=O) groups is 1. The Balaban J connectivity index is 1.58. The van der Waals surface area contributed by atoms with Gasteiger partial charge in [-0.2, -0.15) is 4.31 Å². The summed E-state index contributed by atoms with van der Waals surface area (Å²) in [6.07, 6.45) is 0.755. The molecule has 2 fully saturated rings. The van der Waals surface area contributed by atoms with Crippen molar-refractivity contribution in [2.45, 2.75) is 23.3 Å². The number of para-hydroxylation sites is 1. The van der Waals surface area contributed by atoms with Gasteiger partial charge in [0.15, 0.2) is 0 Å². The fourth-order valence-electron chi connectivity index (χ4n) is 3.91. The predicted octanol–water partition coefficient (Wildman–Crippen LogP) is 1.94. The molecular formula is C19H20FN3O3S. The molecular weight excluding hydrogens is 369 g/mol. The zero-order chi connectivity index (χ0) is 19.1. The molecule has 27 heavy (non-hydrogen) atoms. The van der Waals surface area contributed by atoms with Crippen LogP contribution in [0.5, 0.6) is 0 Å². The Morgan fingerprint density at radius 2 is 1.70 bits per heavy atom. The molecule has 2 aliphatic rings. The van der Waals surface area contributed by atoms with Gasteiger partial charge in [-0.05, 0) is 43.2 Å². The number of nitrogens with one attached hydrogen (secondary N) is 1. The maximum atomic E-state index is 13.5. The molecule has 0 saturated carbocycles. The van der Waals surface area contributed by atoms with Crippen molar-refractivity contribution in [3.05, 3.63) is 60.4 Å². The molecule has 0 aromatic heterocycles. The van der Waals surface area contributed by atoms with Crippen molar-refractivity contribution >= 4 is 21.6 Å². The summed E-state index contributed by atoms with van der Waals surface area (Å²) in [6, 6.07) is 14.6.